The Hall–Kier alpha value is -0.570. The molecule has 0 radical (unpaired) electrons. The highest BCUT2D eigenvalue weighted by molar-refractivity contribution is 6.31. The first-order valence-corrected chi connectivity index (χ1v) is 6.41. The number of hydrogen-bond acceptors (Lipinski definition) is 2. The number of halogens is 1. The average molecular weight is 256 g/mol. The molecule has 2 nitrogen and oxygen atoms in total. The molecule has 0 aromatic heterocycles. The molecule has 1 aromatic rings. The Bertz CT molecular complexity index is 350. The van der Waals surface area contributed by atoms with Gasteiger partial charge in [0, 0.05) is 18.1 Å². The molecule has 0 spiro atoms. The maximum absolute atomic E-state index is 9.40. The van der Waals surface area contributed by atoms with Gasteiger partial charge in [-0.2, -0.15) is 0 Å². The van der Waals surface area contributed by atoms with Gasteiger partial charge in [0.1, 0.15) is 0 Å². The maximum Gasteiger partial charge on any atom is 0.0517 e. The summed E-state index contributed by atoms with van der Waals surface area (Å²) in [5, 5.41) is 13.6. The third kappa shape index (κ3) is 5.53. The van der Waals surface area contributed by atoms with Crippen LogP contribution < -0.4 is 5.32 Å². The van der Waals surface area contributed by atoms with Crippen LogP contribution in [-0.2, 0) is 6.54 Å². The van der Waals surface area contributed by atoms with Crippen molar-refractivity contribution >= 4 is 11.6 Å². The monoisotopic (exact) mass is 255 g/mol. The van der Waals surface area contributed by atoms with Gasteiger partial charge in [0.05, 0.1) is 6.10 Å². The molecule has 0 saturated carbocycles. The molecule has 1 aromatic carbocycles. The minimum atomic E-state index is -0.257. The van der Waals surface area contributed by atoms with E-state index in [2.05, 4.69) is 19.2 Å². The third-order valence-electron chi connectivity index (χ3n) is 2.72. The Kier molecular flexibility index (Phi) is 5.44. The van der Waals surface area contributed by atoms with Crippen molar-refractivity contribution in [2.45, 2.75) is 39.8 Å². The van der Waals surface area contributed by atoms with E-state index < -0.39 is 0 Å². The van der Waals surface area contributed by atoms with Crippen molar-refractivity contribution in [1.82, 2.24) is 5.32 Å². The lowest BCUT2D eigenvalue weighted by atomic mass is 9.87. The average Bonchev–Trinajstić information content (AvgIpc) is 2.18. The molecule has 0 aliphatic carbocycles. The molecule has 0 heterocycles. The van der Waals surface area contributed by atoms with E-state index in [0.717, 1.165) is 30.1 Å². The van der Waals surface area contributed by atoms with Crippen LogP contribution in [0.3, 0.4) is 0 Å². The Labute approximate surface area is 109 Å². The van der Waals surface area contributed by atoms with Crippen LogP contribution in [0.4, 0.5) is 0 Å². The zero-order valence-electron chi connectivity index (χ0n) is 10.8. The van der Waals surface area contributed by atoms with Crippen LogP contribution in [-0.4, -0.2) is 17.8 Å². The van der Waals surface area contributed by atoms with Gasteiger partial charge in [-0.1, -0.05) is 43.6 Å². The van der Waals surface area contributed by atoms with Crippen LogP contribution >= 0.6 is 11.6 Å². The van der Waals surface area contributed by atoms with Gasteiger partial charge in [0.15, 0.2) is 0 Å². The summed E-state index contributed by atoms with van der Waals surface area (Å²) >= 11 is 6.08. The molecule has 1 atom stereocenters. The largest absolute Gasteiger partial charge is 0.393 e. The van der Waals surface area contributed by atoms with Gasteiger partial charge in [0.25, 0.3) is 0 Å². The molecule has 0 saturated heterocycles. The van der Waals surface area contributed by atoms with Gasteiger partial charge in [-0.3, -0.25) is 0 Å². The molecule has 0 fully saturated rings. The molecule has 96 valence electrons. The SMILES string of the molecule is CC(O)CC(C)(C)CNCc1ccccc1Cl. The van der Waals surface area contributed by atoms with Gasteiger partial charge in [-0.05, 0) is 30.4 Å². The first kappa shape index (κ1) is 14.5. The molecule has 0 aliphatic heterocycles. The molecule has 2 N–H and O–H groups in total. The summed E-state index contributed by atoms with van der Waals surface area (Å²) in [6.07, 6.45) is 0.537. The molecular weight excluding hydrogens is 234 g/mol. The highest BCUT2D eigenvalue weighted by atomic mass is 35.5. The second-order valence-electron chi connectivity index (χ2n) is 5.41. The summed E-state index contributed by atoms with van der Waals surface area (Å²) in [6, 6.07) is 7.85. The van der Waals surface area contributed by atoms with E-state index >= 15 is 0 Å². The van der Waals surface area contributed by atoms with Crippen LogP contribution in [0.25, 0.3) is 0 Å². The Balaban J connectivity index is 2.40. The lowest BCUT2D eigenvalue weighted by Crippen LogP contribution is -2.31. The molecule has 1 unspecified atom stereocenters. The van der Waals surface area contributed by atoms with Gasteiger partial charge < -0.3 is 10.4 Å². The normalized spacial score (nSPS) is 13.7. The summed E-state index contributed by atoms with van der Waals surface area (Å²) in [6.45, 7) is 7.76. The number of benzene rings is 1. The summed E-state index contributed by atoms with van der Waals surface area (Å²) in [5.74, 6) is 0. The van der Waals surface area contributed by atoms with Crippen LogP contribution in [0.1, 0.15) is 32.8 Å². The standard InChI is InChI=1S/C14H22ClNO/c1-11(17)8-14(2,3)10-16-9-12-6-4-5-7-13(12)15/h4-7,11,16-17H,8-10H2,1-3H3. The van der Waals surface area contributed by atoms with Gasteiger partial charge in [-0.25, -0.2) is 0 Å². The van der Waals surface area contributed by atoms with E-state index in [1.54, 1.807) is 0 Å². The first-order chi connectivity index (χ1) is 7.91. The Morgan fingerprint density at radius 3 is 2.59 bits per heavy atom. The van der Waals surface area contributed by atoms with Crippen LogP contribution in [0.5, 0.6) is 0 Å². The quantitative estimate of drug-likeness (QED) is 0.818. The maximum atomic E-state index is 9.40. The van der Waals surface area contributed by atoms with E-state index in [1.165, 1.54) is 0 Å². The summed E-state index contributed by atoms with van der Waals surface area (Å²) < 4.78 is 0. The van der Waals surface area contributed by atoms with Gasteiger partial charge >= 0.3 is 0 Å². The van der Waals surface area contributed by atoms with Crippen molar-refractivity contribution in [2.24, 2.45) is 5.41 Å². The molecule has 0 bridgehead atoms. The van der Waals surface area contributed by atoms with Crippen LogP contribution in [0.15, 0.2) is 24.3 Å². The zero-order chi connectivity index (χ0) is 12.9. The fourth-order valence-electron chi connectivity index (χ4n) is 2.05. The first-order valence-electron chi connectivity index (χ1n) is 6.03. The topological polar surface area (TPSA) is 32.3 Å². The number of aliphatic hydroxyl groups is 1. The Morgan fingerprint density at radius 1 is 1.35 bits per heavy atom. The van der Waals surface area contributed by atoms with Crippen LogP contribution in [0, 0.1) is 5.41 Å². The smallest absolute Gasteiger partial charge is 0.0517 e. The Morgan fingerprint density at radius 2 is 2.00 bits per heavy atom. The lowest BCUT2D eigenvalue weighted by molar-refractivity contribution is 0.128. The van der Waals surface area contributed by atoms with Gasteiger partial charge in [-0.15, -0.1) is 0 Å². The molecule has 0 amide bonds. The second kappa shape index (κ2) is 6.39. The molecule has 3 heteroatoms. The number of hydrogen-bond donors (Lipinski definition) is 2. The highest BCUT2D eigenvalue weighted by Crippen LogP contribution is 2.21. The third-order valence-corrected chi connectivity index (χ3v) is 3.09. The van der Waals surface area contributed by atoms with Crippen molar-refractivity contribution < 1.29 is 5.11 Å². The zero-order valence-corrected chi connectivity index (χ0v) is 11.6. The predicted octanol–water partition coefficient (Wildman–Crippen LogP) is 3.23. The van der Waals surface area contributed by atoms with E-state index in [4.69, 9.17) is 11.6 Å². The van der Waals surface area contributed by atoms with Crippen LogP contribution in [0.2, 0.25) is 5.02 Å². The molecule has 0 aliphatic rings. The van der Waals surface area contributed by atoms with Crippen molar-refractivity contribution in [2.75, 3.05) is 6.54 Å². The fraction of sp³-hybridized carbons (Fsp3) is 0.571. The van der Waals surface area contributed by atoms with Crippen molar-refractivity contribution in [3.8, 4) is 0 Å². The molecular formula is C14H22ClNO. The fourth-order valence-corrected chi connectivity index (χ4v) is 2.25. The molecule has 1 rings (SSSR count). The number of aliphatic hydroxyl groups excluding tert-OH is 1. The minimum absolute atomic E-state index is 0.0927. The van der Waals surface area contributed by atoms with E-state index in [1.807, 2.05) is 31.2 Å². The highest BCUT2D eigenvalue weighted by Gasteiger charge is 2.19. The summed E-state index contributed by atoms with van der Waals surface area (Å²) in [7, 11) is 0. The van der Waals surface area contributed by atoms with E-state index in [-0.39, 0.29) is 11.5 Å². The van der Waals surface area contributed by atoms with Crippen molar-refractivity contribution in [3.63, 3.8) is 0 Å². The van der Waals surface area contributed by atoms with Crippen molar-refractivity contribution in [1.29, 1.82) is 0 Å². The van der Waals surface area contributed by atoms with E-state index in [9.17, 15) is 5.11 Å². The lowest BCUT2D eigenvalue weighted by Gasteiger charge is -2.26. The number of rotatable bonds is 6. The number of nitrogens with one attached hydrogen (secondary N) is 1. The second-order valence-corrected chi connectivity index (χ2v) is 5.82. The predicted molar refractivity (Wildman–Crippen MR) is 73.2 cm³/mol. The minimum Gasteiger partial charge on any atom is -0.393 e. The molecule has 17 heavy (non-hydrogen) atoms. The summed E-state index contributed by atoms with van der Waals surface area (Å²) in [4.78, 5) is 0. The van der Waals surface area contributed by atoms with E-state index in [0.29, 0.717) is 0 Å². The summed E-state index contributed by atoms with van der Waals surface area (Å²) in [5.41, 5.74) is 1.21. The van der Waals surface area contributed by atoms with Crippen molar-refractivity contribution in [3.05, 3.63) is 34.9 Å². The van der Waals surface area contributed by atoms with Gasteiger partial charge in [0.2, 0.25) is 0 Å².